The number of hydrogen-bond acceptors (Lipinski definition) is 4. The minimum absolute atomic E-state index is 0.572. The van der Waals surface area contributed by atoms with E-state index in [1.54, 1.807) is 6.20 Å². The molecule has 11 aromatic rings. The molecule has 4 nitrogen and oxygen atoms in total. The van der Waals surface area contributed by atoms with Crippen molar-refractivity contribution in [2.24, 2.45) is 0 Å². The Morgan fingerprint density at radius 3 is 1.21 bits per heavy atom. The van der Waals surface area contributed by atoms with Gasteiger partial charge in [-0.05, 0) is 94.0 Å². The van der Waals surface area contributed by atoms with Crippen LogP contribution in [0.2, 0.25) is 0 Å². The molecule has 11 rings (SSSR count). The van der Waals surface area contributed by atoms with E-state index in [0.29, 0.717) is 17.5 Å². The monoisotopic (exact) mass is 738 g/mol. The average Bonchev–Trinajstić information content (AvgIpc) is 3.31. The third-order valence-electron chi connectivity index (χ3n) is 11.2. The van der Waals surface area contributed by atoms with Gasteiger partial charge in [-0.3, -0.25) is 4.98 Å². The van der Waals surface area contributed by atoms with Gasteiger partial charge in [-0.25, -0.2) is 15.0 Å². The smallest absolute Gasteiger partial charge is 0.165 e. The first-order valence-corrected chi connectivity index (χ1v) is 19.5. The molecule has 0 bridgehead atoms. The lowest BCUT2D eigenvalue weighted by atomic mass is 9.94. The molecule has 2 aromatic heterocycles. The third-order valence-corrected chi connectivity index (χ3v) is 11.2. The molecule has 270 valence electrons. The van der Waals surface area contributed by atoms with Gasteiger partial charge in [0.05, 0.1) is 0 Å². The summed E-state index contributed by atoms with van der Waals surface area (Å²) in [5.41, 5.74) is 4.97. The van der Waals surface area contributed by atoms with Crippen molar-refractivity contribution in [3.63, 3.8) is 0 Å². The Morgan fingerprint density at radius 2 is 0.672 bits per heavy atom. The van der Waals surface area contributed by atoms with Crippen LogP contribution in [0, 0.1) is 0 Å². The summed E-state index contributed by atoms with van der Waals surface area (Å²) in [6, 6.07) is 69.1. The molecule has 9 aromatic carbocycles. The first-order valence-electron chi connectivity index (χ1n) is 19.5. The Kier molecular flexibility index (Phi) is 8.11. The second-order valence-electron chi connectivity index (χ2n) is 14.6. The second-order valence-corrected chi connectivity index (χ2v) is 14.6. The van der Waals surface area contributed by atoms with Crippen LogP contribution in [-0.4, -0.2) is 19.9 Å². The maximum absolute atomic E-state index is 5.20. The molecule has 0 aliphatic heterocycles. The Hall–Kier alpha value is -7.82. The molecule has 0 aliphatic carbocycles. The molecule has 0 saturated carbocycles. The number of aromatic nitrogens is 4. The van der Waals surface area contributed by atoms with E-state index in [0.717, 1.165) is 38.4 Å². The molecule has 2 heterocycles. The lowest BCUT2D eigenvalue weighted by Crippen LogP contribution is -2.00. The molecule has 0 radical (unpaired) electrons. The highest BCUT2D eigenvalue weighted by Gasteiger charge is 2.15. The first-order chi connectivity index (χ1) is 28.8. The van der Waals surface area contributed by atoms with Crippen molar-refractivity contribution in [1.82, 2.24) is 19.9 Å². The molecule has 0 saturated heterocycles. The molecule has 0 amide bonds. The van der Waals surface area contributed by atoms with E-state index >= 15 is 0 Å². The standard InChI is InChI=1S/C54H34N4/c1-2-16-40-35(13-1)14-11-25-41(40)36-26-28-37(29-27-36)52-56-53(58-54(57-52)39-15-12-32-55-34-39)38-30-31-50-48-23-8-7-21-46(48)44-19-4-3-17-42(44)43-18-5-6-20-45(43)47-22-9-10-24-49(47)51(50)33-38/h1-34H. The van der Waals surface area contributed by atoms with Crippen LogP contribution in [0.5, 0.6) is 0 Å². The van der Waals surface area contributed by atoms with Gasteiger partial charge in [-0.2, -0.15) is 0 Å². The van der Waals surface area contributed by atoms with Crippen molar-refractivity contribution in [2.45, 2.75) is 0 Å². The van der Waals surface area contributed by atoms with Crippen LogP contribution in [0.4, 0.5) is 0 Å². The number of fused-ring (bicyclic) bond motifs is 11. The highest BCUT2D eigenvalue weighted by molar-refractivity contribution is 6.26. The van der Waals surface area contributed by atoms with Crippen molar-refractivity contribution >= 4 is 64.6 Å². The van der Waals surface area contributed by atoms with Crippen LogP contribution >= 0.6 is 0 Å². The minimum atomic E-state index is 0.572. The van der Waals surface area contributed by atoms with E-state index in [4.69, 9.17) is 15.0 Å². The van der Waals surface area contributed by atoms with E-state index in [-0.39, 0.29) is 0 Å². The van der Waals surface area contributed by atoms with E-state index in [1.807, 2.05) is 18.3 Å². The molecule has 0 N–H and O–H groups in total. The van der Waals surface area contributed by atoms with Crippen LogP contribution in [0.15, 0.2) is 207 Å². The predicted octanol–water partition coefficient (Wildman–Crippen LogP) is 14.0. The van der Waals surface area contributed by atoms with E-state index < -0.39 is 0 Å². The van der Waals surface area contributed by atoms with Gasteiger partial charge in [0.25, 0.3) is 0 Å². The minimum Gasteiger partial charge on any atom is -0.264 e. The summed E-state index contributed by atoms with van der Waals surface area (Å²) in [6.07, 6.45) is 3.58. The fourth-order valence-electron chi connectivity index (χ4n) is 8.49. The van der Waals surface area contributed by atoms with Crippen LogP contribution in [0.3, 0.4) is 0 Å². The molecule has 58 heavy (non-hydrogen) atoms. The highest BCUT2D eigenvalue weighted by atomic mass is 15.0. The van der Waals surface area contributed by atoms with Crippen LogP contribution < -0.4 is 0 Å². The predicted molar refractivity (Wildman–Crippen MR) is 242 cm³/mol. The van der Waals surface area contributed by atoms with Gasteiger partial charge >= 0.3 is 0 Å². The maximum atomic E-state index is 5.20. The van der Waals surface area contributed by atoms with Crippen LogP contribution in [0.25, 0.3) is 110 Å². The fourth-order valence-corrected chi connectivity index (χ4v) is 8.49. The topological polar surface area (TPSA) is 51.6 Å². The van der Waals surface area contributed by atoms with Gasteiger partial charge in [-0.15, -0.1) is 0 Å². The maximum Gasteiger partial charge on any atom is 0.165 e. The van der Waals surface area contributed by atoms with Gasteiger partial charge in [0.1, 0.15) is 0 Å². The molecular formula is C54H34N4. The largest absolute Gasteiger partial charge is 0.264 e. The fraction of sp³-hybridized carbons (Fsp3) is 0. The third kappa shape index (κ3) is 5.78. The zero-order valence-electron chi connectivity index (χ0n) is 31.4. The van der Waals surface area contributed by atoms with Crippen molar-refractivity contribution in [3.8, 4) is 45.3 Å². The summed E-state index contributed by atoms with van der Waals surface area (Å²) >= 11 is 0. The SMILES string of the molecule is c1cncc(-c2nc(-c3ccc(-c4cccc5ccccc45)cc3)nc(-c3ccc4c5ccccc5c5ccccc5c5ccccc5c5ccccc5c4c3)n2)c1. The molecule has 0 atom stereocenters. The van der Waals surface area contributed by atoms with Gasteiger partial charge in [-0.1, -0.05) is 176 Å². The molecule has 0 unspecified atom stereocenters. The Morgan fingerprint density at radius 1 is 0.259 bits per heavy atom. The lowest BCUT2D eigenvalue weighted by Gasteiger charge is -2.12. The Balaban J connectivity index is 1.17. The molecule has 4 heteroatoms. The van der Waals surface area contributed by atoms with E-state index in [9.17, 15) is 0 Å². The number of hydrogen-bond donors (Lipinski definition) is 0. The van der Waals surface area contributed by atoms with Crippen LogP contribution in [0.1, 0.15) is 0 Å². The number of rotatable bonds is 4. The average molecular weight is 739 g/mol. The normalized spacial score (nSPS) is 11.4. The van der Waals surface area contributed by atoms with Gasteiger partial charge in [0, 0.05) is 29.1 Å². The summed E-state index contributed by atoms with van der Waals surface area (Å²) in [6.45, 7) is 0. The molecular weight excluding hydrogens is 705 g/mol. The lowest BCUT2D eigenvalue weighted by molar-refractivity contribution is 1.07. The highest BCUT2D eigenvalue weighted by Crippen LogP contribution is 2.38. The van der Waals surface area contributed by atoms with Gasteiger partial charge in [0.15, 0.2) is 17.5 Å². The van der Waals surface area contributed by atoms with Crippen molar-refractivity contribution in [3.05, 3.63) is 207 Å². The number of nitrogens with zero attached hydrogens (tertiary/aromatic N) is 4. The van der Waals surface area contributed by atoms with Crippen molar-refractivity contribution in [2.75, 3.05) is 0 Å². The zero-order chi connectivity index (χ0) is 38.4. The van der Waals surface area contributed by atoms with E-state index in [2.05, 4.69) is 187 Å². The second kappa shape index (κ2) is 14.0. The van der Waals surface area contributed by atoms with E-state index in [1.165, 1.54) is 54.0 Å². The molecule has 0 spiro atoms. The quantitative estimate of drug-likeness (QED) is 0.180. The number of pyridine rings is 1. The zero-order valence-corrected chi connectivity index (χ0v) is 31.4. The first kappa shape index (κ1) is 33.5. The summed E-state index contributed by atoms with van der Waals surface area (Å²) in [5.74, 6) is 1.77. The summed E-state index contributed by atoms with van der Waals surface area (Å²) < 4.78 is 0. The summed E-state index contributed by atoms with van der Waals surface area (Å²) in [7, 11) is 0. The van der Waals surface area contributed by atoms with Crippen LogP contribution in [-0.2, 0) is 0 Å². The Bertz CT molecular complexity index is 3370. The van der Waals surface area contributed by atoms with Crippen molar-refractivity contribution in [1.29, 1.82) is 0 Å². The van der Waals surface area contributed by atoms with Crippen molar-refractivity contribution < 1.29 is 0 Å². The summed E-state index contributed by atoms with van der Waals surface area (Å²) in [4.78, 5) is 19.8. The van der Waals surface area contributed by atoms with Gasteiger partial charge in [0.2, 0.25) is 0 Å². The summed E-state index contributed by atoms with van der Waals surface area (Å²) in [5, 5.41) is 14.2. The molecule has 0 aliphatic rings. The molecule has 0 fully saturated rings. The number of benzene rings is 8. The van der Waals surface area contributed by atoms with Gasteiger partial charge < -0.3 is 0 Å². The Labute approximate surface area is 335 Å².